The standard InChI is InChI=1S/C18H21FN2O5/c19-13-10-21(18(24)20-17(13)23)16-9-14(15(11-22)26-16)25-8-4-7-12-5-2-1-3-6-12/h1-3,5-6,10,14-16,22H,4,7-9,11H2,(H,20,23,24)/t14?,15-,16-/m0/s1. The number of aliphatic hydroxyl groups excluding tert-OH is 1. The lowest BCUT2D eigenvalue weighted by Crippen LogP contribution is -2.34. The number of ether oxygens (including phenoxy) is 2. The van der Waals surface area contributed by atoms with Gasteiger partial charge in [0.2, 0.25) is 5.82 Å². The number of benzene rings is 1. The summed E-state index contributed by atoms with van der Waals surface area (Å²) in [6.45, 7) is 0.196. The van der Waals surface area contributed by atoms with Gasteiger partial charge in [0, 0.05) is 13.0 Å². The summed E-state index contributed by atoms with van der Waals surface area (Å²) in [6, 6.07) is 10.0. The zero-order chi connectivity index (χ0) is 18.5. The lowest BCUT2D eigenvalue weighted by molar-refractivity contribution is -0.0626. The Morgan fingerprint density at radius 2 is 2.08 bits per heavy atom. The number of rotatable bonds is 7. The summed E-state index contributed by atoms with van der Waals surface area (Å²) in [7, 11) is 0. The highest BCUT2D eigenvalue weighted by atomic mass is 19.1. The van der Waals surface area contributed by atoms with Crippen LogP contribution in [0.3, 0.4) is 0 Å². The molecule has 2 heterocycles. The predicted molar refractivity (Wildman–Crippen MR) is 91.4 cm³/mol. The van der Waals surface area contributed by atoms with Crippen molar-refractivity contribution in [2.24, 2.45) is 0 Å². The average Bonchev–Trinajstić information content (AvgIpc) is 3.05. The van der Waals surface area contributed by atoms with E-state index in [1.165, 1.54) is 5.56 Å². The van der Waals surface area contributed by atoms with Crippen molar-refractivity contribution in [1.82, 2.24) is 9.55 Å². The molecule has 0 aliphatic carbocycles. The summed E-state index contributed by atoms with van der Waals surface area (Å²) >= 11 is 0. The van der Waals surface area contributed by atoms with Gasteiger partial charge in [-0.15, -0.1) is 0 Å². The maximum atomic E-state index is 13.5. The molecule has 7 nitrogen and oxygen atoms in total. The molecule has 1 saturated heterocycles. The Morgan fingerprint density at radius 3 is 2.81 bits per heavy atom. The van der Waals surface area contributed by atoms with Crippen LogP contribution in [0.25, 0.3) is 0 Å². The minimum absolute atomic E-state index is 0.277. The molecule has 26 heavy (non-hydrogen) atoms. The molecular formula is C18H21FN2O5. The fourth-order valence-corrected chi connectivity index (χ4v) is 3.04. The minimum Gasteiger partial charge on any atom is -0.394 e. The number of hydrogen-bond acceptors (Lipinski definition) is 5. The largest absolute Gasteiger partial charge is 0.394 e. The monoisotopic (exact) mass is 364 g/mol. The van der Waals surface area contributed by atoms with Gasteiger partial charge in [-0.25, -0.2) is 4.79 Å². The molecule has 140 valence electrons. The summed E-state index contributed by atoms with van der Waals surface area (Å²) in [5.74, 6) is -1.07. The Labute approximate surface area is 149 Å². The van der Waals surface area contributed by atoms with Crippen LogP contribution in [0.1, 0.15) is 24.6 Å². The zero-order valence-corrected chi connectivity index (χ0v) is 14.1. The fourth-order valence-electron chi connectivity index (χ4n) is 3.04. The van der Waals surface area contributed by atoms with Crippen LogP contribution in [0.15, 0.2) is 46.1 Å². The Kier molecular flexibility index (Phi) is 5.97. The van der Waals surface area contributed by atoms with Crippen molar-refractivity contribution in [3.05, 3.63) is 68.7 Å². The highest BCUT2D eigenvalue weighted by Gasteiger charge is 2.37. The molecule has 2 aromatic rings. The Hall–Kier alpha value is -2.29. The molecule has 0 spiro atoms. The van der Waals surface area contributed by atoms with Crippen LogP contribution in [0.5, 0.6) is 0 Å². The SMILES string of the molecule is O=c1[nH]c(=O)n([C@@H]2CC(OCCCc3ccccc3)[C@H](CO)O2)cc1F. The quantitative estimate of drug-likeness (QED) is 0.714. The summed E-state index contributed by atoms with van der Waals surface area (Å²) in [5, 5.41) is 9.48. The first-order chi connectivity index (χ1) is 12.6. The molecule has 0 saturated carbocycles. The third-order valence-corrected chi connectivity index (χ3v) is 4.38. The number of H-pyrrole nitrogens is 1. The van der Waals surface area contributed by atoms with Gasteiger partial charge < -0.3 is 14.6 Å². The summed E-state index contributed by atoms with van der Waals surface area (Å²) < 4.78 is 25.8. The van der Waals surface area contributed by atoms with Gasteiger partial charge in [0.25, 0.3) is 5.56 Å². The second-order valence-corrected chi connectivity index (χ2v) is 6.19. The molecular weight excluding hydrogens is 343 g/mol. The minimum atomic E-state index is -1.07. The molecule has 1 aliphatic heterocycles. The summed E-state index contributed by atoms with van der Waals surface area (Å²) in [6.07, 6.45) is 0.939. The van der Waals surface area contributed by atoms with E-state index in [-0.39, 0.29) is 13.0 Å². The van der Waals surface area contributed by atoms with Gasteiger partial charge in [0.1, 0.15) is 12.3 Å². The Bertz CT molecular complexity index is 835. The fraction of sp³-hybridized carbons (Fsp3) is 0.444. The van der Waals surface area contributed by atoms with Gasteiger partial charge >= 0.3 is 5.69 Å². The number of aliphatic hydroxyl groups is 1. The first-order valence-corrected chi connectivity index (χ1v) is 8.51. The second-order valence-electron chi connectivity index (χ2n) is 6.19. The van der Waals surface area contributed by atoms with E-state index < -0.39 is 35.5 Å². The number of nitrogens with zero attached hydrogens (tertiary/aromatic N) is 1. The topological polar surface area (TPSA) is 93.6 Å². The van der Waals surface area contributed by atoms with E-state index in [1.54, 1.807) is 0 Å². The van der Waals surface area contributed by atoms with Crippen LogP contribution in [0.2, 0.25) is 0 Å². The van der Waals surface area contributed by atoms with Gasteiger partial charge in [0.15, 0.2) is 0 Å². The van der Waals surface area contributed by atoms with Crippen LogP contribution < -0.4 is 11.2 Å². The van der Waals surface area contributed by atoms with E-state index >= 15 is 0 Å². The number of halogens is 1. The van der Waals surface area contributed by atoms with Crippen molar-refractivity contribution >= 4 is 0 Å². The first kappa shape index (κ1) is 18.5. The first-order valence-electron chi connectivity index (χ1n) is 8.51. The number of aromatic amines is 1. The molecule has 0 radical (unpaired) electrons. The van der Waals surface area contributed by atoms with Crippen LogP contribution >= 0.6 is 0 Å². The van der Waals surface area contributed by atoms with E-state index in [9.17, 15) is 19.1 Å². The van der Waals surface area contributed by atoms with Crippen LogP contribution in [0.4, 0.5) is 4.39 Å². The molecule has 1 aromatic carbocycles. The molecule has 1 fully saturated rings. The van der Waals surface area contributed by atoms with E-state index in [2.05, 4.69) is 0 Å². The Morgan fingerprint density at radius 1 is 1.31 bits per heavy atom. The highest BCUT2D eigenvalue weighted by Crippen LogP contribution is 2.29. The van der Waals surface area contributed by atoms with Gasteiger partial charge in [-0.1, -0.05) is 30.3 Å². The summed E-state index contributed by atoms with van der Waals surface area (Å²) in [5.41, 5.74) is -0.620. The molecule has 3 rings (SSSR count). The molecule has 1 aliphatic rings. The van der Waals surface area contributed by atoms with E-state index in [0.29, 0.717) is 6.61 Å². The molecule has 1 aromatic heterocycles. The van der Waals surface area contributed by atoms with Crippen molar-refractivity contribution in [3.8, 4) is 0 Å². The number of hydrogen-bond donors (Lipinski definition) is 2. The van der Waals surface area contributed by atoms with Crippen molar-refractivity contribution in [3.63, 3.8) is 0 Å². The van der Waals surface area contributed by atoms with Crippen LogP contribution in [0, 0.1) is 5.82 Å². The second kappa shape index (κ2) is 8.39. The molecule has 1 unspecified atom stereocenters. The van der Waals surface area contributed by atoms with Crippen molar-refractivity contribution in [2.75, 3.05) is 13.2 Å². The van der Waals surface area contributed by atoms with E-state index in [4.69, 9.17) is 9.47 Å². The van der Waals surface area contributed by atoms with Gasteiger partial charge in [-0.3, -0.25) is 14.3 Å². The molecule has 0 bridgehead atoms. The maximum Gasteiger partial charge on any atom is 0.330 e. The van der Waals surface area contributed by atoms with E-state index in [0.717, 1.165) is 23.6 Å². The lowest BCUT2D eigenvalue weighted by atomic mass is 10.1. The third kappa shape index (κ3) is 4.27. The maximum absolute atomic E-state index is 13.5. The summed E-state index contributed by atoms with van der Waals surface area (Å²) in [4.78, 5) is 24.9. The Balaban J connectivity index is 1.58. The molecule has 8 heteroatoms. The van der Waals surface area contributed by atoms with Gasteiger partial charge in [-0.05, 0) is 18.4 Å². The smallest absolute Gasteiger partial charge is 0.330 e. The zero-order valence-electron chi connectivity index (χ0n) is 14.1. The third-order valence-electron chi connectivity index (χ3n) is 4.38. The molecule has 2 N–H and O–H groups in total. The predicted octanol–water partition coefficient (Wildman–Crippen LogP) is 0.973. The van der Waals surface area contributed by atoms with Crippen LogP contribution in [-0.2, 0) is 15.9 Å². The number of aryl methyl sites for hydroxylation is 1. The number of aromatic nitrogens is 2. The normalized spacial score (nSPS) is 22.6. The van der Waals surface area contributed by atoms with Gasteiger partial charge in [0.05, 0.1) is 18.9 Å². The van der Waals surface area contributed by atoms with Gasteiger partial charge in [-0.2, -0.15) is 4.39 Å². The van der Waals surface area contributed by atoms with Crippen molar-refractivity contribution < 1.29 is 19.0 Å². The number of nitrogens with one attached hydrogen (secondary N) is 1. The van der Waals surface area contributed by atoms with Crippen molar-refractivity contribution in [1.29, 1.82) is 0 Å². The molecule has 3 atom stereocenters. The highest BCUT2D eigenvalue weighted by molar-refractivity contribution is 5.14. The van der Waals surface area contributed by atoms with Crippen LogP contribution in [-0.4, -0.2) is 40.1 Å². The molecule has 0 amide bonds. The van der Waals surface area contributed by atoms with E-state index in [1.807, 2.05) is 35.3 Å². The average molecular weight is 364 g/mol. The lowest BCUT2D eigenvalue weighted by Gasteiger charge is -2.16. The van der Waals surface area contributed by atoms with Crippen molar-refractivity contribution in [2.45, 2.75) is 37.7 Å².